The number of thiazole rings is 2. The second kappa shape index (κ2) is 10.0. The Balaban J connectivity index is 1.22. The summed E-state index contributed by atoms with van der Waals surface area (Å²) in [5.74, 6) is 0.134. The van der Waals surface area contributed by atoms with E-state index in [1.54, 1.807) is 30.3 Å². The highest BCUT2D eigenvalue weighted by atomic mass is 32.1. The van der Waals surface area contributed by atoms with E-state index in [0.717, 1.165) is 11.3 Å². The number of benzene rings is 3. The van der Waals surface area contributed by atoms with Gasteiger partial charge in [0.05, 0.1) is 16.5 Å². The van der Waals surface area contributed by atoms with Crippen molar-refractivity contribution in [1.29, 1.82) is 0 Å². The number of H-pyrrole nitrogens is 2. The Hall–Kier alpha value is -5.07. The van der Waals surface area contributed by atoms with Crippen molar-refractivity contribution in [3.8, 4) is 21.1 Å². The zero-order chi connectivity index (χ0) is 26.9. The topological polar surface area (TPSA) is 159 Å². The van der Waals surface area contributed by atoms with Crippen LogP contribution in [-0.2, 0) is 0 Å². The quantitative estimate of drug-likeness (QED) is 0.193. The maximum Gasteiger partial charge on any atom is 0.270 e. The van der Waals surface area contributed by atoms with Crippen molar-refractivity contribution < 1.29 is 4.79 Å². The van der Waals surface area contributed by atoms with E-state index in [9.17, 15) is 14.4 Å². The van der Waals surface area contributed by atoms with E-state index in [4.69, 9.17) is 10.7 Å². The number of aromatic amines is 2. The fraction of sp³-hybridized carbons (Fsp3) is 0. The fourth-order valence-electron chi connectivity index (χ4n) is 3.98. The first-order chi connectivity index (χ1) is 18.9. The smallest absolute Gasteiger partial charge is 0.270 e. The van der Waals surface area contributed by atoms with E-state index in [-0.39, 0.29) is 16.9 Å². The van der Waals surface area contributed by atoms with Gasteiger partial charge in [-0.25, -0.2) is 9.97 Å². The summed E-state index contributed by atoms with van der Waals surface area (Å²) in [5.41, 5.74) is 8.87. The van der Waals surface area contributed by atoms with Crippen LogP contribution in [0, 0.1) is 0 Å². The van der Waals surface area contributed by atoms with E-state index in [1.807, 2.05) is 47.8 Å². The van der Waals surface area contributed by atoms with Gasteiger partial charge in [0.1, 0.15) is 15.7 Å². The van der Waals surface area contributed by atoms with Gasteiger partial charge < -0.3 is 16.4 Å². The number of nitrogens with two attached hydrogens (primary N) is 1. The molecule has 6 aromatic rings. The van der Waals surface area contributed by atoms with Crippen LogP contribution < -0.4 is 27.5 Å². The van der Waals surface area contributed by atoms with Crippen molar-refractivity contribution >= 4 is 61.7 Å². The second-order valence-corrected chi connectivity index (χ2v) is 10.3. The molecule has 6 rings (SSSR count). The van der Waals surface area contributed by atoms with Crippen molar-refractivity contribution in [2.75, 3.05) is 16.4 Å². The zero-order valence-electron chi connectivity index (χ0n) is 20.0. The van der Waals surface area contributed by atoms with Crippen molar-refractivity contribution in [2.24, 2.45) is 0 Å². The molecule has 0 unspecified atom stereocenters. The predicted octanol–water partition coefficient (Wildman–Crippen LogP) is 5.04. The summed E-state index contributed by atoms with van der Waals surface area (Å²) in [6.07, 6.45) is 0. The van der Waals surface area contributed by atoms with E-state index in [1.165, 1.54) is 22.7 Å². The molecule has 3 heterocycles. The zero-order valence-corrected chi connectivity index (χ0v) is 21.7. The number of amides is 1. The van der Waals surface area contributed by atoms with Crippen molar-refractivity contribution in [3.05, 3.63) is 104 Å². The summed E-state index contributed by atoms with van der Waals surface area (Å²) >= 11 is 2.76. The second-order valence-electron chi connectivity index (χ2n) is 8.47. The number of carbonyl (C=O) groups excluding carboxylic acids is 1. The molecule has 0 fully saturated rings. The van der Waals surface area contributed by atoms with Crippen LogP contribution in [0.2, 0.25) is 0 Å². The number of aromatic nitrogens is 4. The molecule has 3 aromatic carbocycles. The van der Waals surface area contributed by atoms with Crippen molar-refractivity contribution in [2.45, 2.75) is 0 Å². The molecule has 0 aliphatic carbocycles. The average molecular weight is 554 g/mol. The van der Waals surface area contributed by atoms with E-state index < -0.39 is 5.56 Å². The molecule has 0 saturated carbocycles. The van der Waals surface area contributed by atoms with Gasteiger partial charge in [0.2, 0.25) is 0 Å². The molecule has 3 aromatic heterocycles. The Bertz CT molecular complexity index is 1960. The average Bonchev–Trinajstić information content (AvgIpc) is 3.58. The first-order valence-corrected chi connectivity index (χ1v) is 13.3. The lowest BCUT2D eigenvalue weighted by Crippen LogP contribution is -2.18. The molecule has 6 N–H and O–H groups in total. The SMILES string of the molecule is Nc1nc(Nc2ccc3c(=O)[nH][nH]c(=O)c3c2)sc1-c1nc(-c2cccc(NC(=O)c3ccccc3)c2)cs1. The molecule has 0 aliphatic heterocycles. The fourth-order valence-corrected chi connectivity index (χ4v) is 5.81. The molecule has 39 heavy (non-hydrogen) atoms. The summed E-state index contributed by atoms with van der Waals surface area (Å²) in [5, 5.41) is 14.4. The molecule has 12 heteroatoms. The first kappa shape index (κ1) is 24.3. The maximum atomic E-state index is 12.5. The summed E-state index contributed by atoms with van der Waals surface area (Å²) < 4.78 is 0. The Kier molecular flexibility index (Phi) is 6.23. The van der Waals surface area contributed by atoms with Gasteiger partial charge in [-0.15, -0.1) is 11.3 Å². The molecule has 0 spiro atoms. The Morgan fingerprint density at radius 3 is 2.46 bits per heavy atom. The number of hydrogen-bond acceptors (Lipinski definition) is 9. The third-order valence-electron chi connectivity index (χ3n) is 5.85. The molecule has 0 atom stereocenters. The highest BCUT2D eigenvalue weighted by molar-refractivity contribution is 7.23. The highest BCUT2D eigenvalue weighted by Gasteiger charge is 2.16. The minimum atomic E-state index is -0.397. The van der Waals surface area contributed by atoms with Crippen molar-refractivity contribution in [3.63, 3.8) is 0 Å². The van der Waals surface area contributed by atoms with Gasteiger partial charge in [-0.1, -0.05) is 41.7 Å². The lowest BCUT2D eigenvalue weighted by atomic mass is 10.1. The van der Waals surface area contributed by atoms with Crippen LogP contribution in [0.4, 0.5) is 22.3 Å². The summed E-state index contributed by atoms with van der Waals surface area (Å²) in [6.45, 7) is 0. The lowest BCUT2D eigenvalue weighted by molar-refractivity contribution is 0.102. The number of nitrogens with one attached hydrogen (secondary N) is 4. The molecule has 0 radical (unpaired) electrons. The minimum absolute atomic E-state index is 0.188. The number of anilines is 4. The maximum absolute atomic E-state index is 12.5. The largest absolute Gasteiger partial charge is 0.382 e. The van der Waals surface area contributed by atoms with E-state index in [0.29, 0.717) is 43.2 Å². The lowest BCUT2D eigenvalue weighted by Gasteiger charge is -2.06. The number of fused-ring (bicyclic) bond motifs is 1. The van der Waals surface area contributed by atoms with Gasteiger partial charge in [-0.05, 0) is 42.5 Å². The number of rotatable bonds is 6. The predicted molar refractivity (Wildman–Crippen MR) is 156 cm³/mol. The van der Waals surface area contributed by atoms with E-state index in [2.05, 4.69) is 25.8 Å². The van der Waals surface area contributed by atoms with Gasteiger partial charge in [-0.2, -0.15) is 0 Å². The number of nitrogens with zero attached hydrogens (tertiary/aromatic N) is 2. The van der Waals surface area contributed by atoms with Crippen LogP contribution in [0.3, 0.4) is 0 Å². The molecule has 0 bridgehead atoms. The van der Waals surface area contributed by atoms with Gasteiger partial charge in [0.25, 0.3) is 17.0 Å². The van der Waals surface area contributed by atoms with Crippen LogP contribution in [0.15, 0.2) is 87.8 Å². The van der Waals surface area contributed by atoms with Crippen LogP contribution >= 0.6 is 22.7 Å². The molecule has 0 saturated heterocycles. The Morgan fingerprint density at radius 1 is 0.846 bits per heavy atom. The van der Waals surface area contributed by atoms with Crippen LogP contribution in [0.25, 0.3) is 31.9 Å². The monoisotopic (exact) mass is 553 g/mol. The molecular weight excluding hydrogens is 534 g/mol. The van der Waals surface area contributed by atoms with Gasteiger partial charge in [0.15, 0.2) is 5.13 Å². The summed E-state index contributed by atoms with van der Waals surface area (Å²) in [7, 11) is 0. The normalized spacial score (nSPS) is 11.0. The third-order valence-corrected chi connectivity index (χ3v) is 7.84. The first-order valence-electron chi connectivity index (χ1n) is 11.7. The molecule has 10 nitrogen and oxygen atoms in total. The van der Waals surface area contributed by atoms with Crippen LogP contribution in [-0.4, -0.2) is 26.1 Å². The van der Waals surface area contributed by atoms with Crippen molar-refractivity contribution in [1.82, 2.24) is 20.2 Å². The molecule has 192 valence electrons. The molecular formula is C27H19N7O3S2. The third kappa shape index (κ3) is 4.93. The Labute approximate surface area is 228 Å². The standard InChI is InChI=1S/C27H19N7O3S2/c28-22-21(39-27(32-22)30-17-9-10-18-19(12-17)25(37)34-33-24(18)36)26-31-20(13-38-26)15-7-4-8-16(11-15)29-23(35)14-5-2-1-3-6-14/h1-13H,28H2,(H,29,35)(H,30,32)(H,33,36)(H,34,37). The Morgan fingerprint density at radius 2 is 1.64 bits per heavy atom. The molecule has 0 aliphatic rings. The number of nitrogen functional groups attached to an aromatic ring is 1. The number of hydrogen-bond donors (Lipinski definition) is 5. The molecule has 1 amide bonds. The van der Waals surface area contributed by atoms with Gasteiger partial charge in [-0.3, -0.25) is 24.6 Å². The number of carbonyl (C=O) groups is 1. The van der Waals surface area contributed by atoms with Gasteiger partial charge in [0, 0.05) is 27.9 Å². The summed E-state index contributed by atoms with van der Waals surface area (Å²) in [4.78, 5) is 46.5. The minimum Gasteiger partial charge on any atom is -0.382 e. The van der Waals surface area contributed by atoms with Crippen LogP contribution in [0.1, 0.15) is 10.4 Å². The van der Waals surface area contributed by atoms with Crippen LogP contribution in [0.5, 0.6) is 0 Å². The van der Waals surface area contributed by atoms with Gasteiger partial charge >= 0.3 is 0 Å². The summed E-state index contributed by atoms with van der Waals surface area (Å²) in [6, 6.07) is 21.4. The van der Waals surface area contributed by atoms with E-state index >= 15 is 0 Å². The highest BCUT2D eigenvalue weighted by Crippen LogP contribution is 2.39.